The minimum Gasteiger partial charge on any atom is -0.386 e. The van der Waals surface area contributed by atoms with Crippen molar-refractivity contribution in [3.63, 3.8) is 0 Å². The van der Waals surface area contributed by atoms with Gasteiger partial charge in [0.05, 0.1) is 11.4 Å². The average Bonchev–Trinajstić information content (AvgIpc) is 2.04. The predicted octanol–water partition coefficient (Wildman–Crippen LogP) is -0.496. The number of allylic oxidation sites excluding steroid dienone is 1. The smallest absolute Gasteiger partial charge is 0.215 e. The van der Waals surface area contributed by atoms with E-state index in [-0.39, 0.29) is 12.2 Å². The fraction of sp³-hybridized carbons (Fsp3) is 0.429. The Morgan fingerprint density at radius 3 is 2.75 bits per heavy atom. The zero-order valence-corrected chi connectivity index (χ0v) is 7.44. The Morgan fingerprint density at radius 1 is 1.58 bits per heavy atom. The number of carbonyl (C=O) groups excluding carboxylic acids is 1. The minimum atomic E-state index is -2.18. The first-order chi connectivity index (χ1) is 5.61. The molecule has 0 unspecified atom stereocenters. The summed E-state index contributed by atoms with van der Waals surface area (Å²) in [6.07, 6.45) is 1.82. The van der Waals surface area contributed by atoms with E-state index in [0.717, 1.165) is 0 Å². The normalized spacial score (nSPS) is 16.4. The molecule has 0 aromatic carbocycles. The summed E-state index contributed by atoms with van der Waals surface area (Å²) in [5, 5.41) is 2.73. The number of ketones is 1. The molecule has 0 aromatic rings. The third kappa shape index (κ3) is 1.94. The molecule has 0 aromatic heterocycles. The Morgan fingerprint density at radius 2 is 2.25 bits per heavy atom. The number of rotatable bonds is 1. The van der Waals surface area contributed by atoms with Crippen LogP contribution in [0.15, 0.2) is 11.8 Å². The van der Waals surface area contributed by atoms with Crippen LogP contribution in [0.3, 0.4) is 0 Å². The molecule has 0 amide bonds. The monoisotopic (exact) mass is 187 g/mol. The number of hydrogen-bond donors (Lipinski definition) is 1. The van der Waals surface area contributed by atoms with Crippen molar-refractivity contribution in [3.05, 3.63) is 11.8 Å². The van der Waals surface area contributed by atoms with E-state index in [1.807, 2.05) is 0 Å². The molecule has 1 rings (SSSR count). The highest BCUT2D eigenvalue weighted by Gasteiger charge is 2.13. The van der Waals surface area contributed by atoms with Gasteiger partial charge in [-0.3, -0.25) is 4.79 Å². The topological polar surface area (TPSA) is 63.2 Å². The summed E-state index contributed by atoms with van der Waals surface area (Å²) in [6.45, 7) is 1.73. The molecule has 5 heteroatoms. The van der Waals surface area contributed by atoms with Gasteiger partial charge in [-0.2, -0.15) is 8.42 Å². The molecule has 1 aliphatic heterocycles. The molecular formula is C7H9NO3S. The van der Waals surface area contributed by atoms with Crippen LogP contribution in [-0.4, -0.2) is 25.6 Å². The van der Waals surface area contributed by atoms with Crippen molar-refractivity contribution in [1.29, 1.82) is 0 Å². The van der Waals surface area contributed by atoms with Gasteiger partial charge in [0.1, 0.15) is 0 Å². The van der Waals surface area contributed by atoms with Gasteiger partial charge in [0.25, 0.3) is 0 Å². The zero-order chi connectivity index (χ0) is 9.14. The van der Waals surface area contributed by atoms with Gasteiger partial charge in [-0.15, -0.1) is 0 Å². The first kappa shape index (κ1) is 8.99. The third-order valence-electron chi connectivity index (χ3n) is 1.65. The largest absolute Gasteiger partial charge is 0.386 e. The molecule has 66 valence electrons. The van der Waals surface area contributed by atoms with Crippen LogP contribution < -0.4 is 5.32 Å². The molecule has 12 heavy (non-hydrogen) atoms. The SMILES string of the molecule is CC(=O)C1=CNCC(=S(=O)=O)C1. The van der Waals surface area contributed by atoms with Crippen molar-refractivity contribution in [2.45, 2.75) is 13.3 Å². The van der Waals surface area contributed by atoms with Gasteiger partial charge in [-0.1, -0.05) is 0 Å². The summed E-state index contributed by atoms with van der Waals surface area (Å²) < 4.78 is 21.0. The van der Waals surface area contributed by atoms with Crippen LogP contribution in [0.2, 0.25) is 0 Å². The second-order valence-electron chi connectivity index (χ2n) is 2.56. The highest BCUT2D eigenvalue weighted by atomic mass is 32.2. The lowest BCUT2D eigenvalue weighted by molar-refractivity contribution is -0.113. The molecule has 0 bridgehead atoms. The fourth-order valence-electron chi connectivity index (χ4n) is 0.958. The van der Waals surface area contributed by atoms with E-state index in [2.05, 4.69) is 5.32 Å². The van der Waals surface area contributed by atoms with Gasteiger partial charge >= 0.3 is 0 Å². The van der Waals surface area contributed by atoms with Gasteiger partial charge in [0, 0.05) is 18.2 Å². The van der Waals surface area contributed by atoms with Crippen molar-refractivity contribution in [2.75, 3.05) is 6.54 Å². The van der Waals surface area contributed by atoms with Gasteiger partial charge in [0.15, 0.2) is 5.78 Å². The molecule has 0 spiro atoms. The standard InChI is InChI=1S/C7H9NO3S/c1-5(9)6-2-7(12(10)11)4-8-3-6/h3,8H,2,4H2,1H3. The summed E-state index contributed by atoms with van der Waals surface area (Å²) in [7, 11) is -2.18. The molecule has 1 aliphatic rings. The van der Waals surface area contributed by atoms with E-state index in [0.29, 0.717) is 17.0 Å². The summed E-state index contributed by atoms with van der Waals surface area (Å²) in [6, 6.07) is 0. The first-order valence-electron chi connectivity index (χ1n) is 3.48. The van der Waals surface area contributed by atoms with Crippen LogP contribution in [0.4, 0.5) is 0 Å². The van der Waals surface area contributed by atoms with Crippen LogP contribution in [0, 0.1) is 0 Å². The fourth-order valence-corrected chi connectivity index (χ4v) is 1.43. The van der Waals surface area contributed by atoms with Crippen LogP contribution in [0.25, 0.3) is 0 Å². The number of nitrogens with one attached hydrogen (secondary N) is 1. The molecule has 0 saturated heterocycles. The van der Waals surface area contributed by atoms with Crippen LogP contribution >= 0.6 is 0 Å². The molecule has 0 saturated carbocycles. The average molecular weight is 187 g/mol. The maximum absolute atomic E-state index is 10.8. The first-order valence-corrected chi connectivity index (χ1v) is 4.56. The van der Waals surface area contributed by atoms with E-state index in [4.69, 9.17) is 0 Å². The van der Waals surface area contributed by atoms with Gasteiger partial charge < -0.3 is 5.32 Å². The summed E-state index contributed by atoms with van der Waals surface area (Å²) in [5.41, 5.74) is 0.514. The van der Waals surface area contributed by atoms with Crippen molar-refractivity contribution >= 4 is 20.9 Å². The van der Waals surface area contributed by atoms with Gasteiger partial charge in [-0.05, 0) is 6.92 Å². The highest BCUT2D eigenvalue weighted by Crippen LogP contribution is 2.06. The van der Waals surface area contributed by atoms with Crippen molar-refractivity contribution in [3.8, 4) is 0 Å². The minimum absolute atomic E-state index is 0.0925. The number of hydrogen-bond acceptors (Lipinski definition) is 4. The summed E-state index contributed by atoms with van der Waals surface area (Å²) >= 11 is 0. The third-order valence-corrected chi connectivity index (χ3v) is 2.41. The number of Topliss-reactive ketones (excluding diaryl/α,β-unsaturated/α-hetero) is 1. The molecule has 0 aliphatic carbocycles. The summed E-state index contributed by atoms with van der Waals surface area (Å²) in [4.78, 5) is 11.2. The van der Waals surface area contributed by atoms with E-state index < -0.39 is 10.3 Å². The van der Waals surface area contributed by atoms with Crippen LogP contribution in [0.1, 0.15) is 13.3 Å². The molecular weight excluding hydrogens is 178 g/mol. The van der Waals surface area contributed by atoms with E-state index in [1.165, 1.54) is 6.92 Å². The zero-order valence-electron chi connectivity index (χ0n) is 6.62. The molecule has 1 N–H and O–H groups in total. The van der Waals surface area contributed by atoms with Gasteiger partial charge in [0.2, 0.25) is 10.3 Å². The van der Waals surface area contributed by atoms with E-state index in [1.54, 1.807) is 6.20 Å². The number of carbonyl (C=O) groups is 1. The Kier molecular flexibility index (Phi) is 2.65. The van der Waals surface area contributed by atoms with Crippen molar-refractivity contribution in [2.24, 2.45) is 0 Å². The van der Waals surface area contributed by atoms with Crippen molar-refractivity contribution in [1.82, 2.24) is 5.32 Å². The second kappa shape index (κ2) is 3.53. The quantitative estimate of drug-likeness (QED) is 0.562. The van der Waals surface area contributed by atoms with Crippen LogP contribution in [0.5, 0.6) is 0 Å². The molecule has 0 atom stereocenters. The Bertz CT molecular complexity index is 356. The Balaban J connectivity index is 2.94. The Hall–Kier alpha value is -1.10. The van der Waals surface area contributed by atoms with Crippen LogP contribution in [-0.2, 0) is 15.1 Å². The molecule has 1 heterocycles. The van der Waals surface area contributed by atoms with Gasteiger partial charge in [-0.25, -0.2) is 0 Å². The lowest BCUT2D eigenvalue weighted by Gasteiger charge is -2.11. The van der Waals surface area contributed by atoms with E-state index >= 15 is 0 Å². The molecule has 4 nitrogen and oxygen atoms in total. The molecule has 0 fully saturated rings. The summed E-state index contributed by atoms with van der Waals surface area (Å²) in [5.74, 6) is -0.0925. The maximum Gasteiger partial charge on any atom is 0.215 e. The highest BCUT2D eigenvalue weighted by molar-refractivity contribution is 7.73. The Labute approximate surface area is 71.8 Å². The second-order valence-corrected chi connectivity index (χ2v) is 3.60. The lowest BCUT2D eigenvalue weighted by Crippen LogP contribution is -2.26. The maximum atomic E-state index is 10.8. The van der Waals surface area contributed by atoms with E-state index in [9.17, 15) is 13.2 Å². The predicted molar refractivity (Wildman–Crippen MR) is 45.3 cm³/mol. The van der Waals surface area contributed by atoms with Crippen molar-refractivity contribution < 1.29 is 13.2 Å². The lowest BCUT2D eigenvalue weighted by atomic mass is 10.1. The molecule has 0 radical (unpaired) electrons.